The van der Waals surface area contributed by atoms with Crippen LogP contribution in [0, 0.1) is 13.8 Å². The summed E-state index contributed by atoms with van der Waals surface area (Å²) in [6.07, 6.45) is -4.77. The van der Waals surface area contributed by atoms with E-state index in [4.69, 9.17) is 16.3 Å². The van der Waals surface area contributed by atoms with Crippen molar-refractivity contribution in [1.82, 2.24) is 20.0 Å². The normalized spacial score (nSPS) is 15.1. The lowest BCUT2D eigenvalue weighted by molar-refractivity contribution is -0.274. The van der Waals surface area contributed by atoms with Crippen molar-refractivity contribution in [2.45, 2.75) is 26.3 Å². The minimum Gasteiger partial charge on any atom is -0.403 e. The summed E-state index contributed by atoms with van der Waals surface area (Å²) in [7, 11) is 1.64. The first-order chi connectivity index (χ1) is 13.7. The Balaban J connectivity index is 1.86. The molecular weight excluding hydrogens is 411 g/mol. The fourth-order valence-corrected chi connectivity index (χ4v) is 3.55. The summed E-state index contributed by atoms with van der Waals surface area (Å²) in [5.41, 5.74) is 1.91. The maximum atomic E-state index is 12.9. The van der Waals surface area contributed by atoms with Crippen molar-refractivity contribution < 1.29 is 22.6 Å². The summed E-state index contributed by atoms with van der Waals surface area (Å²) in [4.78, 5) is 1.97. The standard InChI is InChI=1S/C18H17ClF3N5O2/c1-9-15-10(2)27(13-5-4-11(19)6-14(13)29-18(20,21)22)25-16(15)17(24-23-9)26-7-12(8-26)28-3/h4-6,12H,7-8H2,1-3H3. The molecule has 2 aromatic heterocycles. The van der Waals surface area contributed by atoms with Gasteiger partial charge in [-0.05, 0) is 26.0 Å². The van der Waals surface area contributed by atoms with Crippen molar-refractivity contribution in [3.8, 4) is 11.4 Å². The lowest BCUT2D eigenvalue weighted by Crippen LogP contribution is -2.52. The predicted molar refractivity (Wildman–Crippen MR) is 101 cm³/mol. The molecule has 0 aliphatic carbocycles. The number of benzene rings is 1. The van der Waals surface area contributed by atoms with E-state index >= 15 is 0 Å². The van der Waals surface area contributed by atoms with Gasteiger partial charge in [0.15, 0.2) is 11.6 Å². The van der Waals surface area contributed by atoms with E-state index in [1.54, 1.807) is 21.0 Å². The number of hydrogen-bond donors (Lipinski definition) is 0. The van der Waals surface area contributed by atoms with Crippen LogP contribution in [0.25, 0.3) is 16.6 Å². The van der Waals surface area contributed by atoms with Gasteiger partial charge in [0.1, 0.15) is 11.2 Å². The Bertz CT molecular complexity index is 1080. The van der Waals surface area contributed by atoms with Crippen LogP contribution in [0.3, 0.4) is 0 Å². The van der Waals surface area contributed by atoms with E-state index in [1.807, 2.05) is 4.90 Å². The minimum absolute atomic E-state index is 0.0967. The lowest BCUT2D eigenvalue weighted by Gasteiger charge is -2.38. The van der Waals surface area contributed by atoms with Crippen LogP contribution in [0.15, 0.2) is 18.2 Å². The van der Waals surface area contributed by atoms with E-state index in [-0.39, 0.29) is 16.8 Å². The third-order valence-electron chi connectivity index (χ3n) is 4.84. The molecule has 1 aromatic carbocycles. The number of rotatable bonds is 4. The number of aromatic nitrogens is 4. The zero-order valence-corrected chi connectivity index (χ0v) is 16.5. The van der Waals surface area contributed by atoms with Crippen molar-refractivity contribution >= 4 is 28.3 Å². The highest BCUT2D eigenvalue weighted by molar-refractivity contribution is 6.30. The molecule has 154 valence electrons. The zero-order valence-electron chi connectivity index (χ0n) is 15.8. The molecule has 11 heteroatoms. The number of methoxy groups -OCH3 is 1. The van der Waals surface area contributed by atoms with Crippen LogP contribution in [0.5, 0.6) is 5.75 Å². The number of halogens is 4. The predicted octanol–water partition coefficient (Wildman–Crippen LogP) is 3.82. The Kier molecular flexibility index (Phi) is 4.78. The van der Waals surface area contributed by atoms with Gasteiger partial charge in [0.25, 0.3) is 0 Å². The molecule has 0 unspecified atom stereocenters. The average molecular weight is 428 g/mol. The maximum Gasteiger partial charge on any atom is 0.573 e. The van der Waals surface area contributed by atoms with Crippen molar-refractivity contribution in [3.63, 3.8) is 0 Å². The van der Waals surface area contributed by atoms with Gasteiger partial charge in [0.2, 0.25) is 0 Å². The van der Waals surface area contributed by atoms with E-state index in [0.717, 1.165) is 11.5 Å². The third-order valence-corrected chi connectivity index (χ3v) is 5.08. The molecule has 3 heterocycles. The molecule has 0 saturated carbocycles. The van der Waals surface area contributed by atoms with E-state index in [0.29, 0.717) is 35.8 Å². The molecular formula is C18H17ClF3N5O2. The second-order valence-electron chi connectivity index (χ2n) is 6.75. The van der Waals surface area contributed by atoms with E-state index in [9.17, 15) is 13.2 Å². The Morgan fingerprint density at radius 1 is 1.17 bits per heavy atom. The minimum atomic E-state index is -4.86. The molecule has 0 amide bonds. The van der Waals surface area contributed by atoms with E-state index < -0.39 is 12.1 Å². The maximum absolute atomic E-state index is 12.9. The first-order valence-corrected chi connectivity index (χ1v) is 9.11. The zero-order chi connectivity index (χ0) is 20.9. The van der Waals surface area contributed by atoms with Crippen molar-refractivity contribution in [3.05, 3.63) is 34.6 Å². The van der Waals surface area contributed by atoms with Gasteiger partial charge in [-0.15, -0.1) is 18.3 Å². The van der Waals surface area contributed by atoms with Gasteiger partial charge >= 0.3 is 6.36 Å². The topological polar surface area (TPSA) is 65.3 Å². The number of hydrogen-bond acceptors (Lipinski definition) is 6. The summed E-state index contributed by atoms with van der Waals surface area (Å²) >= 11 is 5.88. The fraction of sp³-hybridized carbons (Fsp3) is 0.389. The van der Waals surface area contributed by atoms with Gasteiger partial charge in [0, 0.05) is 31.3 Å². The van der Waals surface area contributed by atoms with Crippen LogP contribution in [0.1, 0.15) is 11.4 Å². The van der Waals surface area contributed by atoms with Gasteiger partial charge in [0.05, 0.1) is 22.9 Å². The lowest BCUT2D eigenvalue weighted by atomic mass is 10.1. The molecule has 4 rings (SSSR count). The molecule has 0 atom stereocenters. The average Bonchev–Trinajstić information content (AvgIpc) is 2.93. The largest absolute Gasteiger partial charge is 0.573 e. The molecule has 0 bridgehead atoms. The van der Waals surface area contributed by atoms with Crippen LogP contribution in [0.2, 0.25) is 5.02 Å². The molecule has 0 radical (unpaired) electrons. The summed E-state index contributed by atoms with van der Waals surface area (Å²) in [5.74, 6) is 0.123. The Hall–Kier alpha value is -2.59. The summed E-state index contributed by atoms with van der Waals surface area (Å²) in [6.45, 7) is 4.81. The number of ether oxygens (including phenoxy) is 2. The number of aryl methyl sites for hydroxylation is 2. The quantitative estimate of drug-likeness (QED) is 0.630. The number of nitrogens with zero attached hydrogens (tertiary/aromatic N) is 5. The van der Waals surface area contributed by atoms with Crippen LogP contribution < -0.4 is 9.64 Å². The molecule has 3 aromatic rings. The molecule has 0 N–H and O–H groups in total. The van der Waals surface area contributed by atoms with Gasteiger partial charge in [-0.2, -0.15) is 10.2 Å². The second-order valence-corrected chi connectivity index (χ2v) is 7.19. The van der Waals surface area contributed by atoms with Crippen molar-refractivity contribution in [1.29, 1.82) is 0 Å². The van der Waals surface area contributed by atoms with E-state index in [2.05, 4.69) is 20.0 Å². The Morgan fingerprint density at radius 3 is 2.55 bits per heavy atom. The summed E-state index contributed by atoms with van der Waals surface area (Å²) in [6, 6.07) is 4.02. The number of anilines is 1. The summed E-state index contributed by atoms with van der Waals surface area (Å²) < 4.78 is 49.6. The molecule has 29 heavy (non-hydrogen) atoms. The first kappa shape index (κ1) is 19.7. The Morgan fingerprint density at radius 2 is 1.90 bits per heavy atom. The van der Waals surface area contributed by atoms with Crippen LogP contribution in [-0.4, -0.2) is 52.6 Å². The smallest absolute Gasteiger partial charge is 0.403 e. The SMILES string of the molecule is COC1CN(c2nnc(C)c3c(C)n(-c4ccc(Cl)cc4OC(F)(F)F)nc23)C1. The molecule has 1 aliphatic rings. The number of alkyl halides is 3. The second kappa shape index (κ2) is 7.03. The summed E-state index contributed by atoms with van der Waals surface area (Å²) in [5, 5.41) is 13.9. The molecule has 0 spiro atoms. The molecule has 1 aliphatic heterocycles. The highest BCUT2D eigenvalue weighted by Gasteiger charge is 2.34. The first-order valence-electron chi connectivity index (χ1n) is 8.74. The fourth-order valence-electron chi connectivity index (χ4n) is 3.39. The van der Waals surface area contributed by atoms with Gasteiger partial charge in [-0.3, -0.25) is 0 Å². The van der Waals surface area contributed by atoms with Gasteiger partial charge < -0.3 is 14.4 Å². The van der Waals surface area contributed by atoms with Crippen LogP contribution in [-0.2, 0) is 4.74 Å². The van der Waals surface area contributed by atoms with Crippen molar-refractivity contribution in [2.75, 3.05) is 25.1 Å². The van der Waals surface area contributed by atoms with Crippen molar-refractivity contribution in [2.24, 2.45) is 0 Å². The van der Waals surface area contributed by atoms with Gasteiger partial charge in [-0.1, -0.05) is 11.6 Å². The van der Waals surface area contributed by atoms with Crippen LogP contribution in [0.4, 0.5) is 19.0 Å². The number of fused-ring (bicyclic) bond motifs is 1. The molecule has 1 saturated heterocycles. The highest BCUT2D eigenvalue weighted by atomic mass is 35.5. The third kappa shape index (κ3) is 3.58. The van der Waals surface area contributed by atoms with Crippen LogP contribution >= 0.6 is 11.6 Å². The van der Waals surface area contributed by atoms with Gasteiger partial charge in [-0.25, -0.2) is 4.68 Å². The van der Waals surface area contributed by atoms with E-state index in [1.165, 1.54) is 16.8 Å². The Labute approximate surface area is 169 Å². The monoisotopic (exact) mass is 427 g/mol. The molecule has 7 nitrogen and oxygen atoms in total. The highest BCUT2D eigenvalue weighted by Crippen LogP contribution is 2.36. The molecule has 1 fully saturated rings.